The molecule has 0 amide bonds. The Morgan fingerprint density at radius 1 is 0.840 bits per heavy atom. The van der Waals surface area contributed by atoms with Gasteiger partial charge >= 0.3 is 0 Å². The number of hydrogen-bond donors (Lipinski definition) is 0. The van der Waals surface area contributed by atoms with Gasteiger partial charge in [-0.25, -0.2) is 4.98 Å². The Labute approximate surface area is 163 Å². The molecule has 5 rings (SSSR count). The molecule has 0 bridgehead atoms. The van der Waals surface area contributed by atoms with Crippen molar-refractivity contribution in [1.82, 2.24) is 4.98 Å². The van der Waals surface area contributed by atoms with Crippen LogP contribution in [0.25, 0.3) is 20.7 Å². The van der Waals surface area contributed by atoms with Crippen molar-refractivity contribution < 1.29 is 0 Å². The lowest BCUT2D eigenvalue weighted by atomic mass is 9.88. The van der Waals surface area contributed by atoms with Crippen LogP contribution < -0.4 is 0 Å². The third kappa shape index (κ3) is 3.05. The number of nitrogens with zero attached hydrogens (tertiary/aromatic N) is 1. The van der Waals surface area contributed by atoms with Gasteiger partial charge in [0.2, 0.25) is 0 Å². The van der Waals surface area contributed by atoms with E-state index in [2.05, 4.69) is 17.5 Å². The van der Waals surface area contributed by atoms with Crippen molar-refractivity contribution in [2.75, 3.05) is 0 Å². The average molecular weight is 390 g/mol. The molecule has 0 aromatic carbocycles. The molecule has 0 aliphatic heterocycles. The van der Waals surface area contributed by atoms with Crippen LogP contribution in [0.2, 0.25) is 0 Å². The Kier molecular flexibility index (Phi) is 5.17. The largest absolute Gasteiger partial charge is 0.242 e. The summed E-state index contributed by atoms with van der Waals surface area (Å²) < 4.78 is 0. The van der Waals surface area contributed by atoms with Crippen LogP contribution in [0.5, 0.6) is 0 Å². The molecule has 0 fully saturated rings. The maximum atomic E-state index is 5.22. The minimum atomic E-state index is 0. The summed E-state index contributed by atoms with van der Waals surface area (Å²) in [6.07, 6.45) is 13.0. The van der Waals surface area contributed by atoms with E-state index in [1.165, 1.54) is 85.0 Å². The lowest BCUT2D eigenvalue weighted by molar-refractivity contribution is 0.611. The highest BCUT2D eigenvalue weighted by atomic mass is 35.5. The molecule has 4 heteroatoms. The average Bonchev–Trinajstić information content (AvgIpc) is 3.22. The Balaban J connectivity index is 0.00000157. The number of halogens is 1. The van der Waals surface area contributed by atoms with Gasteiger partial charge in [0.05, 0.1) is 0 Å². The second-order valence-electron chi connectivity index (χ2n) is 7.19. The molecule has 0 spiro atoms. The van der Waals surface area contributed by atoms with Crippen LogP contribution in [-0.4, -0.2) is 4.98 Å². The standard InChI is InChI=1S/C21H23NS2.ClH/c1-2-4-10-16-14(8-3-1)19(18-12-7-13-23-18)20-15-9-5-6-11-17(15)24-21(20)22-16;/h7,12-13H,1-6,8-11H2;1H. The van der Waals surface area contributed by atoms with Crippen LogP contribution in [0.4, 0.5) is 0 Å². The lowest BCUT2D eigenvalue weighted by Gasteiger charge is -2.19. The van der Waals surface area contributed by atoms with Gasteiger partial charge in [0, 0.05) is 26.4 Å². The zero-order valence-corrected chi connectivity index (χ0v) is 16.9. The number of rotatable bonds is 1. The van der Waals surface area contributed by atoms with Crippen LogP contribution in [0.15, 0.2) is 17.5 Å². The Morgan fingerprint density at radius 2 is 1.60 bits per heavy atom. The highest BCUT2D eigenvalue weighted by molar-refractivity contribution is 7.19. The quantitative estimate of drug-likeness (QED) is 0.437. The number of aryl methyl sites for hydroxylation is 3. The fraction of sp³-hybridized carbons (Fsp3) is 0.476. The van der Waals surface area contributed by atoms with Gasteiger partial charge in [-0.05, 0) is 73.9 Å². The summed E-state index contributed by atoms with van der Waals surface area (Å²) in [5, 5.41) is 3.76. The first-order valence-corrected chi connectivity index (χ1v) is 11.1. The molecule has 0 unspecified atom stereocenters. The van der Waals surface area contributed by atoms with Crippen LogP contribution >= 0.6 is 35.1 Å². The number of pyridine rings is 1. The molecular formula is C21H24ClNS2. The van der Waals surface area contributed by atoms with Crippen molar-refractivity contribution in [3.8, 4) is 10.4 Å². The van der Waals surface area contributed by atoms with Crippen LogP contribution in [0, 0.1) is 0 Å². The summed E-state index contributed by atoms with van der Waals surface area (Å²) in [6.45, 7) is 0. The van der Waals surface area contributed by atoms with Crippen molar-refractivity contribution >= 4 is 45.3 Å². The summed E-state index contributed by atoms with van der Waals surface area (Å²) in [4.78, 5) is 9.63. The minimum absolute atomic E-state index is 0. The second kappa shape index (κ2) is 7.38. The van der Waals surface area contributed by atoms with E-state index in [0.29, 0.717) is 0 Å². The first-order chi connectivity index (χ1) is 11.9. The van der Waals surface area contributed by atoms with E-state index in [1.54, 1.807) is 21.6 Å². The lowest BCUT2D eigenvalue weighted by Crippen LogP contribution is -2.06. The van der Waals surface area contributed by atoms with E-state index in [9.17, 15) is 0 Å². The third-order valence-electron chi connectivity index (χ3n) is 5.65. The molecule has 2 aliphatic rings. The van der Waals surface area contributed by atoms with Gasteiger partial charge in [-0.2, -0.15) is 0 Å². The van der Waals surface area contributed by atoms with E-state index in [4.69, 9.17) is 4.98 Å². The summed E-state index contributed by atoms with van der Waals surface area (Å²) in [5.41, 5.74) is 6.19. The summed E-state index contributed by atoms with van der Waals surface area (Å²) >= 11 is 3.90. The normalized spacial score (nSPS) is 17.3. The molecule has 1 nitrogen and oxygen atoms in total. The fourth-order valence-electron chi connectivity index (χ4n) is 4.49. The predicted octanol–water partition coefficient (Wildman–Crippen LogP) is 6.98. The highest BCUT2D eigenvalue weighted by Crippen LogP contribution is 2.45. The van der Waals surface area contributed by atoms with E-state index < -0.39 is 0 Å². The maximum absolute atomic E-state index is 5.22. The molecule has 0 radical (unpaired) electrons. The fourth-order valence-corrected chi connectivity index (χ4v) is 6.58. The van der Waals surface area contributed by atoms with Crippen molar-refractivity contribution in [3.63, 3.8) is 0 Å². The van der Waals surface area contributed by atoms with Gasteiger partial charge in [0.15, 0.2) is 0 Å². The van der Waals surface area contributed by atoms with E-state index >= 15 is 0 Å². The van der Waals surface area contributed by atoms with Gasteiger partial charge in [-0.3, -0.25) is 0 Å². The number of fused-ring (bicyclic) bond motifs is 4. The molecule has 25 heavy (non-hydrogen) atoms. The number of aromatic nitrogens is 1. The summed E-state index contributed by atoms with van der Waals surface area (Å²) in [7, 11) is 0. The van der Waals surface area contributed by atoms with Crippen molar-refractivity contribution in [2.45, 2.75) is 64.2 Å². The summed E-state index contributed by atoms with van der Waals surface area (Å²) in [6, 6.07) is 4.53. The monoisotopic (exact) mass is 389 g/mol. The highest BCUT2D eigenvalue weighted by Gasteiger charge is 2.25. The molecule has 0 atom stereocenters. The maximum Gasteiger partial charge on any atom is 0.124 e. The topological polar surface area (TPSA) is 12.9 Å². The molecule has 3 aromatic heterocycles. The molecule has 3 aromatic rings. The Bertz CT molecular complexity index is 879. The van der Waals surface area contributed by atoms with Crippen molar-refractivity contribution in [3.05, 3.63) is 39.2 Å². The second-order valence-corrected chi connectivity index (χ2v) is 9.23. The Hall–Kier alpha value is -0.900. The zero-order valence-electron chi connectivity index (χ0n) is 14.5. The zero-order chi connectivity index (χ0) is 15.9. The first-order valence-electron chi connectivity index (χ1n) is 9.41. The summed E-state index contributed by atoms with van der Waals surface area (Å²) in [5.74, 6) is 0. The van der Waals surface area contributed by atoms with Gasteiger partial charge in [0.1, 0.15) is 4.83 Å². The number of thiophene rings is 2. The molecule has 2 aliphatic carbocycles. The molecule has 0 saturated carbocycles. The molecule has 3 heterocycles. The predicted molar refractivity (Wildman–Crippen MR) is 113 cm³/mol. The van der Waals surface area contributed by atoms with E-state index in [0.717, 1.165) is 0 Å². The van der Waals surface area contributed by atoms with E-state index in [-0.39, 0.29) is 12.4 Å². The van der Waals surface area contributed by atoms with E-state index in [1.807, 2.05) is 22.7 Å². The van der Waals surface area contributed by atoms with Crippen molar-refractivity contribution in [1.29, 1.82) is 0 Å². The molecular weight excluding hydrogens is 366 g/mol. The van der Waals surface area contributed by atoms with Gasteiger partial charge < -0.3 is 0 Å². The number of hydrogen-bond acceptors (Lipinski definition) is 3. The minimum Gasteiger partial charge on any atom is -0.242 e. The molecule has 132 valence electrons. The van der Waals surface area contributed by atoms with Gasteiger partial charge in [-0.1, -0.05) is 18.9 Å². The molecule has 0 saturated heterocycles. The third-order valence-corrected chi connectivity index (χ3v) is 7.72. The molecule has 0 N–H and O–H groups in total. The van der Waals surface area contributed by atoms with Crippen molar-refractivity contribution in [2.24, 2.45) is 0 Å². The van der Waals surface area contributed by atoms with Crippen LogP contribution in [-0.2, 0) is 25.7 Å². The smallest absolute Gasteiger partial charge is 0.124 e. The van der Waals surface area contributed by atoms with Gasteiger partial charge in [-0.15, -0.1) is 35.1 Å². The SMILES string of the molecule is Cl.c1csc(-c2c3c(nc4sc5c(c24)CCCC5)CCCCCC3)c1. The van der Waals surface area contributed by atoms with Crippen LogP contribution in [0.3, 0.4) is 0 Å². The Morgan fingerprint density at radius 3 is 2.44 bits per heavy atom. The first kappa shape index (κ1) is 17.5. The van der Waals surface area contributed by atoms with Crippen LogP contribution in [0.1, 0.15) is 60.2 Å². The van der Waals surface area contributed by atoms with Gasteiger partial charge in [0.25, 0.3) is 0 Å².